The van der Waals surface area contributed by atoms with Gasteiger partial charge in [0.1, 0.15) is 5.52 Å². The molecule has 77 heavy (non-hydrogen) atoms. The van der Waals surface area contributed by atoms with Gasteiger partial charge in [-0.15, -0.1) is 0 Å². The third kappa shape index (κ3) is 9.53. The summed E-state index contributed by atoms with van der Waals surface area (Å²) in [5.41, 5.74) is 6.45. The Morgan fingerprint density at radius 2 is 1.49 bits per heavy atom. The van der Waals surface area contributed by atoms with Crippen LogP contribution in [0.4, 0.5) is 27.3 Å². The molecule has 7 aliphatic rings. The third-order valence-electron chi connectivity index (χ3n) is 18.8. The van der Waals surface area contributed by atoms with Crippen molar-refractivity contribution in [1.29, 1.82) is 0 Å². The Bertz CT molecular complexity index is 3070. The second-order valence-corrected chi connectivity index (χ2v) is 23.5. The molecule has 1 spiro atoms. The van der Waals surface area contributed by atoms with E-state index in [4.69, 9.17) is 9.97 Å². The van der Waals surface area contributed by atoms with Crippen LogP contribution in [0.1, 0.15) is 133 Å². The molecule has 0 bridgehead atoms. The van der Waals surface area contributed by atoms with Gasteiger partial charge in [0.2, 0.25) is 29.5 Å². The molecule has 2 aromatic carbocycles. The molecule has 0 radical (unpaired) electrons. The lowest BCUT2D eigenvalue weighted by Crippen LogP contribution is -2.58. The number of hydrogen-bond acceptors (Lipinski definition) is 11. The van der Waals surface area contributed by atoms with Gasteiger partial charge in [-0.05, 0) is 152 Å². The lowest BCUT2D eigenvalue weighted by Gasteiger charge is -2.48. The average molecular weight is 1050 g/mol. The molecule has 2 aliphatic carbocycles. The van der Waals surface area contributed by atoms with Gasteiger partial charge >= 0.3 is 0 Å². The first-order chi connectivity index (χ1) is 37.3. The molecule has 1 atom stereocenters. The predicted molar refractivity (Wildman–Crippen MR) is 293 cm³/mol. The Labute approximate surface area is 450 Å². The number of likely N-dealkylation sites (tertiary alicyclic amines) is 3. The fourth-order valence-corrected chi connectivity index (χ4v) is 14.1. The van der Waals surface area contributed by atoms with Crippen LogP contribution in [0.5, 0.6) is 0 Å². The number of imidazole rings is 1. The van der Waals surface area contributed by atoms with Gasteiger partial charge in [0.15, 0.2) is 11.6 Å². The summed E-state index contributed by atoms with van der Waals surface area (Å²) < 4.78 is 17.1. The highest BCUT2D eigenvalue weighted by molar-refractivity contribution is 6.09. The Balaban J connectivity index is 0.701. The first-order valence-corrected chi connectivity index (χ1v) is 28.5. The zero-order valence-corrected chi connectivity index (χ0v) is 44.8. The van der Waals surface area contributed by atoms with E-state index in [-0.39, 0.29) is 71.1 Å². The van der Waals surface area contributed by atoms with E-state index in [0.29, 0.717) is 95.1 Å². The van der Waals surface area contributed by atoms with Gasteiger partial charge in [-0.2, -0.15) is 0 Å². The number of aromatic nitrogens is 4. The molecule has 3 aromatic heterocycles. The van der Waals surface area contributed by atoms with E-state index in [1.165, 1.54) is 25.5 Å². The summed E-state index contributed by atoms with van der Waals surface area (Å²) in [6.07, 6.45) is 16.6. The van der Waals surface area contributed by atoms with E-state index in [2.05, 4.69) is 69.4 Å². The number of nitrogens with one attached hydrogen (secondary N) is 2. The number of imide groups is 1. The number of benzene rings is 2. The molecule has 8 heterocycles. The number of hydrogen-bond donors (Lipinski definition) is 2. The Hall–Kier alpha value is -6.75. The van der Waals surface area contributed by atoms with Crippen LogP contribution < -0.4 is 20.4 Å². The van der Waals surface area contributed by atoms with Crippen LogP contribution in [0.25, 0.3) is 22.3 Å². The van der Waals surface area contributed by atoms with Gasteiger partial charge in [0, 0.05) is 98.8 Å². The topological polar surface area (TPSA) is 169 Å². The molecule has 5 amide bonds. The number of fused-ring (bicyclic) bond motifs is 3. The van der Waals surface area contributed by atoms with Crippen LogP contribution in [0.2, 0.25) is 0 Å². The third-order valence-corrected chi connectivity index (χ3v) is 18.8. The van der Waals surface area contributed by atoms with Crippen molar-refractivity contribution in [2.75, 3.05) is 61.4 Å². The normalized spacial score (nSPS) is 25.0. The molecular weight excluding hydrogens is 974 g/mol. The van der Waals surface area contributed by atoms with Crippen molar-refractivity contribution in [3.63, 3.8) is 0 Å². The van der Waals surface area contributed by atoms with Crippen LogP contribution in [-0.4, -0.2) is 128 Å². The first-order valence-electron chi connectivity index (χ1n) is 28.5. The van der Waals surface area contributed by atoms with Crippen molar-refractivity contribution in [2.24, 2.45) is 11.8 Å². The maximum absolute atomic E-state index is 15.3. The smallest absolute Gasteiger partial charge is 0.238 e. The van der Waals surface area contributed by atoms with E-state index in [1.54, 1.807) is 18.6 Å². The predicted octanol–water partition coefficient (Wildman–Crippen LogP) is 8.63. The molecule has 6 fully saturated rings. The Kier molecular flexibility index (Phi) is 13.8. The van der Waals surface area contributed by atoms with Crippen molar-refractivity contribution in [1.82, 2.24) is 39.5 Å². The zero-order chi connectivity index (χ0) is 53.1. The van der Waals surface area contributed by atoms with E-state index in [0.717, 1.165) is 77.9 Å². The second kappa shape index (κ2) is 20.9. The maximum atomic E-state index is 15.3. The summed E-state index contributed by atoms with van der Waals surface area (Å²) in [4.78, 5) is 92.6. The minimum absolute atomic E-state index is 0.0789. The van der Waals surface area contributed by atoms with Gasteiger partial charge in [0.05, 0.1) is 40.8 Å². The highest BCUT2D eigenvalue weighted by Gasteiger charge is 2.56. The largest absolute Gasteiger partial charge is 0.371 e. The van der Waals surface area contributed by atoms with E-state index < -0.39 is 11.2 Å². The molecule has 2 N–H and O–H groups in total. The van der Waals surface area contributed by atoms with Crippen LogP contribution in [0.3, 0.4) is 0 Å². The summed E-state index contributed by atoms with van der Waals surface area (Å²) in [6, 6.07) is 18.9. The zero-order valence-electron chi connectivity index (χ0n) is 44.8. The molecule has 5 aromatic rings. The van der Waals surface area contributed by atoms with Gasteiger partial charge in [0.25, 0.3) is 0 Å². The molecule has 1 unspecified atom stereocenters. The van der Waals surface area contributed by atoms with Crippen LogP contribution in [0.15, 0.2) is 73.3 Å². The summed E-state index contributed by atoms with van der Waals surface area (Å²) >= 11 is 0. The fourth-order valence-electron chi connectivity index (χ4n) is 14.1. The number of anilines is 4. The number of amides is 5. The van der Waals surface area contributed by atoms with Crippen molar-refractivity contribution in [3.8, 4) is 11.3 Å². The van der Waals surface area contributed by atoms with Crippen molar-refractivity contribution in [2.45, 2.75) is 146 Å². The molecule has 2 saturated carbocycles. The van der Waals surface area contributed by atoms with Gasteiger partial charge < -0.3 is 34.4 Å². The van der Waals surface area contributed by atoms with Crippen molar-refractivity contribution in [3.05, 3.63) is 90.3 Å². The average Bonchev–Trinajstić information content (AvgIpc) is 4.20. The number of pyridine rings is 2. The summed E-state index contributed by atoms with van der Waals surface area (Å²) in [5, 5.41) is 5.71. The monoisotopic (exact) mass is 1050 g/mol. The lowest BCUT2D eigenvalue weighted by molar-refractivity contribution is -0.143. The second-order valence-electron chi connectivity index (χ2n) is 23.5. The maximum Gasteiger partial charge on any atom is 0.238 e. The highest BCUT2D eigenvalue weighted by Crippen LogP contribution is 2.53. The Morgan fingerprint density at radius 3 is 2.16 bits per heavy atom. The quantitative estimate of drug-likeness (QED) is 0.122. The minimum atomic E-state index is -0.742. The SMILES string of the molecule is CC(C)n1cnc2cc(-c3ccc4c(c3)N([C@H]3C[C@@H](N5CCCCC5)C3)C(=O)C43CCN(C(=O)[C@H]4CC[C@H](C(=O)N5CCC(N(C)c6ccc(C7CCC(=O)NC7=O)cc6)CC5)CC4)CC3)nc(Nc3ccncc3F)c21. The van der Waals surface area contributed by atoms with Gasteiger partial charge in [-0.3, -0.25) is 34.3 Å². The summed E-state index contributed by atoms with van der Waals surface area (Å²) in [5.74, 6) is -0.466. The Morgan fingerprint density at radius 1 is 0.805 bits per heavy atom. The highest BCUT2D eigenvalue weighted by atomic mass is 19.1. The number of halogens is 1. The molecule has 4 saturated heterocycles. The molecule has 404 valence electrons. The molecule has 17 heteroatoms. The number of carbonyl (C=O) groups is 5. The van der Waals surface area contributed by atoms with Crippen LogP contribution in [0, 0.1) is 17.7 Å². The minimum Gasteiger partial charge on any atom is -0.371 e. The van der Waals surface area contributed by atoms with E-state index >= 15 is 9.18 Å². The van der Waals surface area contributed by atoms with Crippen molar-refractivity contribution >= 4 is 63.4 Å². The molecule has 16 nitrogen and oxygen atoms in total. The van der Waals surface area contributed by atoms with Crippen LogP contribution >= 0.6 is 0 Å². The molecule has 12 rings (SSSR count). The van der Waals surface area contributed by atoms with Crippen LogP contribution in [-0.2, 0) is 29.4 Å². The van der Waals surface area contributed by atoms with Gasteiger partial charge in [-0.25, -0.2) is 14.4 Å². The van der Waals surface area contributed by atoms with Crippen molar-refractivity contribution < 1.29 is 28.4 Å². The molecule has 5 aliphatic heterocycles. The fraction of sp³-hybridized carbons (Fsp3) is 0.533. The number of nitrogens with zero attached hydrogens (tertiary/aromatic N) is 9. The van der Waals surface area contributed by atoms with E-state index in [1.807, 2.05) is 44.7 Å². The number of rotatable bonds is 11. The molecular formula is C60H72FN11O5. The summed E-state index contributed by atoms with van der Waals surface area (Å²) in [6.45, 7) is 8.78. The standard InChI is InChI=1S/C60H72FN11O5/c1-37(2)71-36-63-51-34-50(65-55(54(51)71)64-49-19-24-62-35-48(49)61)41-13-17-47-52(31-41)72(45-32-44(33-45)68-25-5-4-6-26-68)59(77)60(47)22-29-70(30-23-60)58(76)40-9-7-39(8-10-40)57(75)69-27-20-43(21-28-69)67(3)42-14-11-38(12-15-42)46-16-18-53(73)66-56(46)74/h11-15,17,19,24,31,34-37,39-40,43-46H,4-10,16,18,20-23,25-30,32-33H2,1-3H3,(H,62,64,65)(H,66,73,74)/t39-,40-,44-,45+,46?. The van der Waals surface area contributed by atoms with E-state index in [9.17, 15) is 19.2 Å². The summed E-state index contributed by atoms with van der Waals surface area (Å²) in [7, 11) is 2.09. The number of carbonyl (C=O) groups excluding carboxylic acids is 5. The number of piperidine rings is 4. The lowest BCUT2D eigenvalue weighted by atomic mass is 9.72. The van der Waals surface area contributed by atoms with Gasteiger partial charge in [-0.1, -0.05) is 30.7 Å². The first kappa shape index (κ1) is 51.0.